The molecule has 2 aromatic rings. The van der Waals surface area contributed by atoms with Crippen LogP contribution in [0.15, 0.2) is 11.4 Å². The molecule has 9 heteroatoms. The summed E-state index contributed by atoms with van der Waals surface area (Å²) < 4.78 is 37.6. The molecule has 0 amide bonds. The van der Waals surface area contributed by atoms with E-state index in [-0.39, 0.29) is 12.4 Å². The highest BCUT2D eigenvalue weighted by Crippen LogP contribution is 2.29. The molecular formula is C10H8ClF3N4S. The maximum atomic E-state index is 12.5. The van der Waals surface area contributed by atoms with Crippen molar-refractivity contribution in [2.24, 2.45) is 0 Å². The van der Waals surface area contributed by atoms with Gasteiger partial charge in [0.25, 0.3) is 0 Å². The Kier molecular flexibility index (Phi) is 3.91. The van der Waals surface area contributed by atoms with Crippen LogP contribution in [0.4, 0.5) is 19.0 Å². The lowest BCUT2D eigenvalue weighted by atomic mass is 10.4. The van der Waals surface area contributed by atoms with E-state index in [9.17, 15) is 13.2 Å². The number of anilines is 1. The van der Waals surface area contributed by atoms with Crippen molar-refractivity contribution in [3.8, 4) is 0 Å². The second-order valence-corrected chi connectivity index (χ2v) is 4.92. The quantitative estimate of drug-likeness (QED) is 0.881. The smallest absolute Gasteiger partial charge is 0.363 e. The Morgan fingerprint density at radius 2 is 2.05 bits per heavy atom. The summed E-state index contributed by atoms with van der Waals surface area (Å²) in [5.41, 5.74) is -0.219. The number of hydrogen-bond acceptors (Lipinski definition) is 5. The second-order valence-electron chi connectivity index (χ2n) is 3.64. The summed E-state index contributed by atoms with van der Waals surface area (Å²) >= 11 is 6.88. The van der Waals surface area contributed by atoms with Crippen molar-refractivity contribution < 1.29 is 13.2 Å². The third kappa shape index (κ3) is 3.77. The molecule has 0 aliphatic carbocycles. The number of nitrogens with zero attached hydrogens (tertiary/aromatic N) is 3. The molecule has 0 aliphatic rings. The normalized spacial score (nSPS) is 11.6. The summed E-state index contributed by atoms with van der Waals surface area (Å²) in [6, 6.07) is 0.812. The summed E-state index contributed by atoms with van der Waals surface area (Å²) in [6.07, 6.45) is -4.55. The monoisotopic (exact) mass is 308 g/mol. The minimum atomic E-state index is -4.55. The van der Waals surface area contributed by atoms with E-state index in [1.165, 1.54) is 11.3 Å². The average Bonchev–Trinajstić information content (AvgIpc) is 2.71. The van der Waals surface area contributed by atoms with Gasteiger partial charge < -0.3 is 5.32 Å². The van der Waals surface area contributed by atoms with E-state index in [1.807, 2.05) is 12.3 Å². The van der Waals surface area contributed by atoms with Gasteiger partial charge in [0.2, 0.25) is 5.28 Å². The molecule has 0 aromatic carbocycles. The van der Waals surface area contributed by atoms with Crippen molar-refractivity contribution >= 4 is 28.8 Å². The van der Waals surface area contributed by atoms with Crippen LogP contribution in [0.1, 0.15) is 16.4 Å². The van der Waals surface area contributed by atoms with Crippen molar-refractivity contribution in [3.05, 3.63) is 33.1 Å². The van der Waals surface area contributed by atoms with E-state index in [2.05, 4.69) is 20.3 Å². The predicted molar refractivity (Wildman–Crippen MR) is 66.2 cm³/mol. The Morgan fingerprint density at radius 3 is 2.63 bits per heavy atom. The molecule has 102 valence electrons. The lowest BCUT2D eigenvalue weighted by molar-refractivity contribution is -0.141. The van der Waals surface area contributed by atoms with Gasteiger partial charge in [0.1, 0.15) is 10.8 Å². The largest absolute Gasteiger partial charge is 0.433 e. The Bertz CT molecular complexity index is 584. The highest BCUT2D eigenvalue weighted by atomic mass is 35.5. The zero-order chi connectivity index (χ0) is 14.0. The molecule has 0 aliphatic heterocycles. The minimum Gasteiger partial charge on any atom is -0.363 e. The Hall–Kier alpha value is -1.41. The van der Waals surface area contributed by atoms with Crippen molar-refractivity contribution in [3.63, 3.8) is 0 Å². The van der Waals surface area contributed by atoms with Gasteiger partial charge in [-0.2, -0.15) is 13.2 Å². The van der Waals surface area contributed by atoms with E-state index in [1.54, 1.807) is 0 Å². The van der Waals surface area contributed by atoms with Gasteiger partial charge in [0, 0.05) is 17.1 Å². The van der Waals surface area contributed by atoms with Crippen LogP contribution in [-0.4, -0.2) is 15.0 Å². The van der Waals surface area contributed by atoms with Crippen molar-refractivity contribution in [1.29, 1.82) is 0 Å². The summed E-state index contributed by atoms with van der Waals surface area (Å²) in [4.78, 5) is 11.0. The summed E-state index contributed by atoms with van der Waals surface area (Å²) in [7, 11) is 0. The molecule has 0 bridgehead atoms. The first-order chi connectivity index (χ1) is 8.84. The van der Waals surface area contributed by atoms with E-state index < -0.39 is 17.2 Å². The van der Waals surface area contributed by atoms with Crippen LogP contribution in [-0.2, 0) is 12.7 Å². The van der Waals surface area contributed by atoms with Gasteiger partial charge in [0.15, 0.2) is 5.69 Å². The van der Waals surface area contributed by atoms with Crippen LogP contribution < -0.4 is 5.32 Å². The SMILES string of the molecule is Cc1csc(CNc2cc(C(F)(F)F)nc(Cl)n2)n1. The third-order valence-electron chi connectivity index (χ3n) is 2.08. The first kappa shape index (κ1) is 14.0. The fourth-order valence-electron chi connectivity index (χ4n) is 1.30. The number of rotatable bonds is 3. The minimum absolute atomic E-state index is 0.0141. The van der Waals surface area contributed by atoms with E-state index >= 15 is 0 Å². The number of thiazole rings is 1. The number of nitrogens with one attached hydrogen (secondary N) is 1. The lowest BCUT2D eigenvalue weighted by Crippen LogP contribution is -2.11. The molecule has 0 radical (unpaired) electrons. The highest BCUT2D eigenvalue weighted by Gasteiger charge is 2.33. The third-order valence-corrected chi connectivity index (χ3v) is 3.21. The summed E-state index contributed by atoms with van der Waals surface area (Å²) in [5.74, 6) is 0.0141. The molecule has 2 aromatic heterocycles. The summed E-state index contributed by atoms with van der Waals surface area (Å²) in [6.45, 7) is 2.12. The highest BCUT2D eigenvalue weighted by molar-refractivity contribution is 7.09. The Labute approximate surface area is 115 Å². The van der Waals surface area contributed by atoms with Crippen LogP contribution in [0.3, 0.4) is 0 Å². The Morgan fingerprint density at radius 1 is 1.32 bits per heavy atom. The van der Waals surface area contributed by atoms with Crippen LogP contribution in [0.5, 0.6) is 0 Å². The maximum absolute atomic E-state index is 12.5. The molecule has 0 saturated carbocycles. The van der Waals surface area contributed by atoms with Crippen LogP contribution in [0, 0.1) is 6.92 Å². The van der Waals surface area contributed by atoms with E-state index in [4.69, 9.17) is 11.6 Å². The first-order valence-corrected chi connectivity index (χ1v) is 6.37. The molecule has 19 heavy (non-hydrogen) atoms. The van der Waals surface area contributed by atoms with Gasteiger partial charge in [-0.3, -0.25) is 0 Å². The molecule has 0 atom stereocenters. The first-order valence-electron chi connectivity index (χ1n) is 5.11. The average molecular weight is 309 g/mol. The number of aromatic nitrogens is 3. The van der Waals surface area contributed by atoms with Crippen molar-refractivity contribution in [2.45, 2.75) is 19.6 Å². The molecule has 0 spiro atoms. The molecule has 2 rings (SSSR count). The summed E-state index contributed by atoms with van der Waals surface area (Å²) in [5, 5.41) is 4.89. The number of hydrogen-bond donors (Lipinski definition) is 1. The second kappa shape index (κ2) is 5.30. The van der Waals surface area contributed by atoms with Gasteiger partial charge in [-0.1, -0.05) is 0 Å². The number of aryl methyl sites for hydroxylation is 1. The fraction of sp³-hybridized carbons (Fsp3) is 0.300. The molecule has 2 heterocycles. The van der Waals surface area contributed by atoms with Crippen molar-refractivity contribution in [2.75, 3.05) is 5.32 Å². The standard InChI is InChI=1S/C10H8ClF3N4S/c1-5-4-19-8(16-5)3-15-7-2-6(10(12,13)14)17-9(11)18-7/h2,4H,3H2,1H3,(H,15,17,18). The van der Waals surface area contributed by atoms with Crippen LogP contribution >= 0.6 is 22.9 Å². The topological polar surface area (TPSA) is 50.7 Å². The number of halogens is 4. The Balaban J connectivity index is 2.14. The molecule has 0 unspecified atom stereocenters. The van der Waals surface area contributed by atoms with E-state index in [0.29, 0.717) is 0 Å². The predicted octanol–water partition coefficient (Wildman–Crippen LogP) is 3.53. The van der Waals surface area contributed by atoms with Crippen LogP contribution in [0.2, 0.25) is 5.28 Å². The molecule has 0 fully saturated rings. The molecule has 0 saturated heterocycles. The molecular weight excluding hydrogens is 301 g/mol. The van der Waals surface area contributed by atoms with Gasteiger partial charge in [0.05, 0.1) is 6.54 Å². The fourth-order valence-corrected chi connectivity index (χ4v) is 2.20. The van der Waals surface area contributed by atoms with Gasteiger partial charge in [-0.25, -0.2) is 15.0 Å². The molecule has 4 nitrogen and oxygen atoms in total. The lowest BCUT2D eigenvalue weighted by Gasteiger charge is -2.08. The van der Waals surface area contributed by atoms with Gasteiger partial charge >= 0.3 is 6.18 Å². The number of alkyl halides is 3. The van der Waals surface area contributed by atoms with Gasteiger partial charge in [-0.05, 0) is 18.5 Å². The zero-order valence-corrected chi connectivity index (χ0v) is 11.2. The van der Waals surface area contributed by atoms with Gasteiger partial charge in [-0.15, -0.1) is 11.3 Å². The maximum Gasteiger partial charge on any atom is 0.433 e. The van der Waals surface area contributed by atoms with Crippen LogP contribution in [0.25, 0.3) is 0 Å². The zero-order valence-electron chi connectivity index (χ0n) is 9.62. The van der Waals surface area contributed by atoms with E-state index in [0.717, 1.165) is 16.8 Å². The molecule has 1 N–H and O–H groups in total. The van der Waals surface area contributed by atoms with Crippen molar-refractivity contribution in [1.82, 2.24) is 15.0 Å².